The fourth-order valence-electron chi connectivity index (χ4n) is 0.989. The van der Waals surface area contributed by atoms with Crippen molar-refractivity contribution in [3.8, 4) is 0 Å². The first-order chi connectivity index (χ1) is 8.11. The van der Waals surface area contributed by atoms with E-state index in [-0.39, 0.29) is 5.15 Å². The summed E-state index contributed by atoms with van der Waals surface area (Å²) in [4.78, 5) is 15.7. The van der Waals surface area contributed by atoms with E-state index < -0.39 is 5.97 Å². The molecule has 0 saturated heterocycles. The van der Waals surface area contributed by atoms with Crippen LogP contribution in [0.4, 0.5) is 0 Å². The maximum absolute atomic E-state index is 11.3. The van der Waals surface area contributed by atoms with Crippen molar-refractivity contribution in [2.45, 2.75) is 9.50 Å². The maximum Gasteiger partial charge on any atom is 0.351 e. The number of nitrogens with zero attached hydrogens (tertiary/aromatic N) is 4. The Morgan fingerprint density at radius 2 is 2.41 bits per heavy atom. The molecule has 0 aliphatic carbocycles. The molecule has 2 heterocycles. The molecule has 6 nitrogen and oxygen atoms in total. The topological polar surface area (TPSA) is 69.9 Å². The lowest BCUT2D eigenvalue weighted by Gasteiger charge is -1.94. The number of aryl methyl sites for hydroxylation is 1. The Labute approximate surface area is 110 Å². The third-order valence-electron chi connectivity index (χ3n) is 1.79. The molecule has 0 aliphatic rings. The molecule has 2 aromatic rings. The van der Waals surface area contributed by atoms with Gasteiger partial charge in [-0.1, -0.05) is 22.9 Å². The molecule has 0 spiro atoms. The largest absolute Gasteiger partial charge is 0.465 e. The van der Waals surface area contributed by atoms with Gasteiger partial charge in [-0.15, -0.1) is 10.2 Å². The van der Waals surface area contributed by atoms with Gasteiger partial charge in [0.1, 0.15) is 6.33 Å². The van der Waals surface area contributed by atoms with Crippen molar-refractivity contribution >= 4 is 40.7 Å². The van der Waals surface area contributed by atoms with Crippen molar-refractivity contribution < 1.29 is 9.53 Å². The van der Waals surface area contributed by atoms with E-state index in [9.17, 15) is 4.79 Å². The summed E-state index contributed by atoms with van der Waals surface area (Å²) >= 11 is 8.29. The zero-order valence-electron chi connectivity index (χ0n) is 8.88. The molecule has 9 heteroatoms. The van der Waals surface area contributed by atoms with Crippen LogP contribution in [-0.4, -0.2) is 32.8 Å². The third-order valence-corrected chi connectivity index (χ3v) is 4.32. The molecule has 0 aromatic carbocycles. The van der Waals surface area contributed by atoms with Gasteiger partial charge in [0.05, 0.1) is 7.11 Å². The lowest BCUT2D eigenvalue weighted by molar-refractivity contribution is 0.0606. The number of aromatic nitrogens is 4. The Morgan fingerprint density at radius 1 is 1.65 bits per heavy atom. The van der Waals surface area contributed by atoms with E-state index in [1.807, 2.05) is 7.05 Å². The van der Waals surface area contributed by atoms with Crippen LogP contribution in [-0.2, 0) is 11.8 Å². The molecule has 2 rings (SSSR count). The van der Waals surface area contributed by atoms with Crippen LogP contribution < -0.4 is 0 Å². The molecule has 0 fully saturated rings. The summed E-state index contributed by atoms with van der Waals surface area (Å²) in [6.07, 6.45) is 1.58. The van der Waals surface area contributed by atoms with Gasteiger partial charge in [-0.05, 0) is 11.8 Å². The van der Waals surface area contributed by atoms with E-state index in [0.29, 0.717) is 14.4 Å². The number of hydrogen-bond acceptors (Lipinski definition) is 7. The molecule has 0 atom stereocenters. The second-order valence-corrected chi connectivity index (χ2v) is 5.49. The van der Waals surface area contributed by atoms with Crippen LogP contribution in [0, 0.1) is 0 Å². The van der Waals surface area contributed by atoms with Gasteiger partial charge in [-0.3, -0.25) is 0 Å². The van der Waals surface area contributed by atoms with Crippen LogP contribution in [0.3, 0.4) is 0 Å². The molecule has 0 radical (unpaired) electrons. The van der Waals surface area contributed by atoms with Gasteiger partial charge in [0.2, 0.25) is 0 Å². The molecule has 0 unspecified atom stereocenters. The summed E-state index contributed by atoms with van der Waals surface area (Å²) in [5.41, 5.74) is 0. The fraction of sp³-hybridized carbons (Fsp3) is 0.250. The summed E-state index contributed by atoms with van der Waals surface area (Å²) < 4.78 is 6.96. The Morgan fingerprint density at radius 3 is 3.00 bits per heavy atom. The molecule has 2 aromatic heterocycles. The van der Waals surface area contributed by atoms with Crippen LogP contribution in [0.25, 0.3) is 0 Å². The Balaban J connectivity index is 2.24. The van der Waals surface area contributed by atoms with Crippen molar-refractivity contribution in [2.75, 3.05) is 7.11 Å². The highest BCUT2D eigenvalue weighted by Gasteiger charge is 2.18. The summed E-state index contributed by atoms with van der Waals surface area (Å²) in [6, 6.07) is 0. The number of hydrogen-bond donors (Lipinski definition) is 0. The summed E-state index contributed by atoms with van der Waals surface area (Å²) in [6.45, 7) is 0. The maximum atomic E-state index is 11.3. The number of esters is 1. The highest BCUT2D eigenvalue weighted by atomic mass is 35.5. The predicted molar refractivity (Wildman–Crippen MR) is 63.6 cm³/mol. The highest BCUT2D eigenvalue weighted by molar-refractivity contribution is 8.00. The first kappa shape index (κ1) is 12.3. The van der Waals surface area contributed by atoms with Gasteiger partial charge in [-0.25, -0.2) is 9.78 Å². The zero-order chi connectivity index (χ0) is 12.4. The van der Waals surface area contributed by atoms with Crippen molar-refractivity contribution in [2.24, 2.45) is 7.05 Å². The van der Waals surface area contributed by atoms with Crippen molar-refractivity contribution in [1.82, 2.24) is 19.7 Å². The Bertz CT molecular complexity index is 553. The van der Waals surface area contributed by atoms with E-state index in [2.05, 4.69) is 19.9 Å². The van der Waals surface area contributed by atoms with E-state index in [1.54, 1.807) is 10.9 Å². The van der Waals surface area contributed by atoms with Gasteiger partial charge in [0, 0.05) is 7.05 Å². The van der Waals surface area contributed by atoms with Crippen LogP contribution in [0.2, 0.25) is 5.15 Å². The molecule has 0 bridgehead atoms. The minimum atomic E-state index is -0.489. The average Bonchev–Trinajstić information content (AvgIpc) is 2.86. The normalized spacial score (nSPS) is 10.5. The third kappa shape index (κ3) is 2.59. The first-order valence-electron chi connectivity index (χ1n) is 4.38. The zero-order valence-corrected chi connectivity index (χ0v) is 11.3. The molecule has 17 heavy (non-hydrogen) atoms. The Hall–Kier alpha value is -1.12. The number of carbonyl (C=O) groups is 1. The van der Waals surface area contributed by atoms with Crippen LogP contribution in [0.5, 0.6) is 0 Å². The number of ether oxygens (including phenoxy) is 1. The van der Waals surface area contributed by atoms with Gasteiger partial charge >= 0.3 is 5.97 Å². The van der Waals surface area contributed by atoms with Crippen LogP contribution >= 0.6 is 34.7 Å². The SMILES string of the molecule is COC(=O)c1sc(Sc2nncn2C)nc1Cl. The quantitative estimate of drug-likeness (QED) is 0.804. The smallest absolute Gasteiger partial charge is 0.351 e. The molecule has 0 saturated carbocycles. The lowest BCUT2D eigenvalue weighted by Crippen LogP contribution is -1.98. The van der Waals surface area contributed by atoms with Crippen LogP contribution in [0.15, 0.2) is 15.8 Å². The van der Waals surface area contributed by atoms with Gasteiger partial charge < -0.3 is 9.30 Å². The number of methoxy groups -OCH3 is 1. The molecule has 0 amide bonds. The average molecular weight is 291 g/mol. The number of rotatable bonds is 3. The molecular weight excluding hydrogens is 284 g/mol. The van der Waals surface area contributed by atoms with Crippen molar-refractivity contribution in [1.29, 1.82) is 0 Å². The second kappa shape index (κ2) is 5.03. The van der Waals surface area contributed by atoms with Crippen LogP contribution in [0.1, 0.15) is 9.67 Å². The monoisotopic (exact) mass is 290 g/mol. The minimum Gasteiger partial charge on any atom is -0.465 e. The fourth-order valence-corrected chi connectivity index (χ4v) is 3.19. The van der Waals surface area contributed by atoms with E-state index in [0.717, 1.165) is 11.3 Å². The van der Waals surface area contributed by atoms with Crippen molar-refractivity contribution in [3.05, 3.63) is 16.4 Å². The molecule has 90 valence electrons. The van der Waals surface area contributed by atoms with Crippen molar-refractivity contribution in [3.63, 3.8) is 0 Å². The second-order valence-electron chi connectivity index (χ2n) is 2.92. The summed E-state index contributed by atoms with van der Waals surface area (Å²) in [7, 11) is 3.12. The standard InChI is InChI=1S/C8H7ClN4O2S2/c1-13-3-10-12-7(13)17-8-11-5(9)4(16-8)6(14)15-2/h3H,1-2H3. The highest BCUT2D eigenvalue weighted by Crippen LogP contribution is 2.33. The van der Waals surface area contributed by atoms with Gasteiger partial charge in [0.15, 0.2) is 19.5 Å². The van der Waals surface area contributed by atoms with Gasteiger partial charge in [0.25, 0.3) is 0 Å². The lowest BCUT2D eigenvalue weighted by atomic mass is 10.6. The minimum absolute atomic E-state index is 0.145. The van der Waals surface area contributed by atoms with E-state index in [4.69, 9.17) is 11.6 Å². The number of thiazole rings is 1. The summed E-state index contributed by atoms with van der Waals surface area (Å²) in [5.74, 6) is -0.489. The van der Waals surface area contributed by atoms with E-state index >= 15 is 0 Å². The van der Waals surface area contributed by atoms with E-state index in [1.165, 1.54) is 18.9 Å². The predicted octanol–water partition coefficient (Wildman–Crippen LogP) is 1.86. The molecule has 0 aliphatic heterocycles. The Kier molecular flexibility index (Phi) is 3.65. The molecular formula is C8H7ClN4O2S2. The first-order valence-corrected chi connectivity index (χ1v) is 6.39. The molecule has 0 N–H and O–H groups in total. The number of halogens is 1. The van der Waals surface area contributed by atoms with Gasteiger partial charge in [-0.2, -0.15) is 0 Å². The summed E-state index contributed by atoms with van der Waals surface area (Å²) in [5, 5.41) is 8.46. The number of carbonyl (C=O) groups excluding carboxylic acids is 1.